The lowest BCUT2D eigenvalue weighted by Crippen LogP contribution is -2.41. The zero-order chi connectivity index (χ0) is 17.0. The Morgan fingerprint density at radius 3 is 2.78 bits per heavy atom. The third-order valence-electron chi connectivity index (χ3n) is 3.48. The van der Waals surface area contributed by atoms with E-state index in [0.29, 0.717) is 19.3 Å². The highest BCUT2D eigenvalue weighted by atomic mass is 35.5. The first-order valence-corrected chi connectivity index (χ1v) is 8.00. The number of rotatable bonds is 8. The predicted octanol–water partition coefficient (Wildman–Crippen LogP) is 3.09. The number of hydrogen-bond acceptors (Lipinski definition) is 7. The summed E-state index contributed by atoms with van der Waals surface area (Å²) in [6.07, 6.45) is 3.68. The van der Waals surface area contributed by atoms with Crippen molar-refractivity contribution in [3.63, 3.8) is 0 Å². The average Bonchev–Trinajstić information content (AvgIpc) is 3.31. The van der Waals surface area contributed by atoms with Crippen LogP contribution in [0.5, 0.6) is 0 Å². The van der Waals surface area contributed by atoms with Crippen LogP contribution in [0.4, 0.5) is 11.5 Å². The molecule has 23 heavy (non-hydrogen) atoms. The van der Waals surface area contributed by atoms with Gasteiger partial charge in [0.2, 0.25) is 11.1 Å². The van der Waals surface area contributed by atoms with Crippen molar-refractivity contribution in [2.24, 2.45) is 0 Å². The largest absolute Gasteiger partial charge is 0.441 e. The maximum atomic E-state index is 11.8. The number of ether oxygens (including phenoxy) is 1. The second kappa shape index (κ2) is 7.54. The van der Waals surface area contributed by atoms with E-state index in [9.17, 15) is 14.9 Å². The van der Waals surface area contributed by atoms with Crippen molar-refractivity contribution >= 4 is 29.1 Å². The summed E-state index contributed by atoms with van der Waals surface area (Å²) in [5.74, 6) is -0.221. The van der Waals surface area contributed by atoms with E-state index in [0.717, 1.165) is 19.0 Å². The molecule has 1 atom stereocenters. The standard InChI is InChI=1S/C14H19ClN4O4/c1-3-5-12(20)23-11(4-2)18(9-6-7-9)13-10(19(21)22)8-16-14(15)17-13/h8-9,11H,3-7H2,1-2H3. The van der Waals surface area contributed by atoms with E-state index in [1.807, 2.05) is 13.8 Å². The molecule has 1 heterocycles. The Morgan fingerprint density at radius 2 is 2.26 bits per heavy atom. The zero-order valence-electron chi connectivity index (χ0n) is 13.1. The fourth-order valence-corrected chi connectivity index (χ4v) is 2.44. The molecular weight excluding hydrogens is 324 g/mol. The first-order chi connectivity index (χ1) is 11.0. The van der Waals surface area contributed by atoms with Crippen molar-refractivity contribution in [1.29, 1.82) is 0 Å². The number of anilines is 1. The van der Waals surface area contributed by atoms with Crippen LogP contribution in [0.15, 0.2) is 6.20 Å². The number of carbonyl (C=O) groups is 1. The summed E-state index contributed by atoms with van der Waals surface area (Å²) in [4.78, 5) is 31.9. The predicted molar refractivity (Wildman–Crippen MR) is 84.3 cm³/mol. The number of hydrogen-bond donors (Lipinski definition) is 0. The molecular formula is C14H19ClN4O4. The summed E-state index contributed by atoms with van der Waals surface area (Å²) < 4.78 is 5.49. The summed E-state index contributed by atoms with van der Waals surface area (Å²) in [5.41, 5.74) is -0.244. The third kappa shape index (κ3) is 4.28. The van der Waals surface area contributed by atoms with Gasteiger partial charge in [0.05, 0.1) is 4.92 Å². The fraction of sp³-hybridized carbons (Fsp3) is 0.643. The molecule has 1 unspecified atom stereocenters. The second-order valence-corrected chi connectivity index (χ2v) is 5.68. The molecule has 8 nitrogen and oxygen atoms in total. The van der Waals surface area contributed by atoms with Crippen molar-refractivity contribution < 1.29 is 14.5 Å². The van der Waals surface area contributed by atoms with Gasteiger partial charge in [-0.05, 0) is 30.9 Å². The highest BCUT2D eigenvalue weighted by Crippen LogP contribution is 2.38. The molecule has 1 fully saturated rings. The summed E-state index contributed by atoms with van der Waals surface area (Å²) in [7, 11) is 0. The van der Waals surface area contributed by atoms with E-state index in [4.69, 9.17) is 16.3 Å². The van der Waals surface area contributed by atoms with E-state index in [-0.39, 0.29) is 28.8 Å². The Morgan fingerprint density at radius 1 is 1.57 bits per heavy atom. The van der Waals surface area contributed by atoms with Crippen LogP contribution in [0.2, 0.25) is 5.28 Å². The molecule has 9 heteroatoms. The van der Waals surface area contributed by atoms with Crippen LogP contribution in [0, 0.1) is 10.1 Å². The Kier molecular flexibility index (Phi) is 5.70. The van der Waals surface area contributed by atoms with Gasteiger partial charge < -0.3 is 9.64 Å². The minimum Gasteiger partial charge on any atom is -0.441 e. The van der Waals surface area contributed by atoms with E-state index >= 15 is 0 Å². The van der Waals surface area contributed by atoms with Gasteiger partial charge in [0.15, 0.2) is 6.23 Å². The monoisotopic (exact) mass is 342 g/mol. The van der Waals surface area contributed by atoms with Gasteiger partial charge in [0.25, 0.3) is 0 Å². The molecule has 0 aliphatic heterocycles. The second-order valence-electron chi connectivity index (χ2n) is 5.35. The summed E-state index contributed by atoms with van der Waals surface area (Å²) in [6, 6.07) is 0.0547. The molecule has 1 aromatic heterocycles. The van der Waals surface area contributed by atoms with Crippen LogP contribution in [-0.4, -0.2) is 33.1 Å². The van der Waals surface area contributed by atoms with E-state index in [1.54, 1.807) is 4.90 Å². The van der Waals surface area contributed by atoms with Crippen LogP contribution in [0.25, 0.3) is 0 Å². The van der Waals surface area contributed by atoms with Gasteiger partial charge in [-0.2, -0.15) is 4.98 Å². The number of nitro groups is 1. The molecule has 2 rings (SSSR count). The van der Waals surface area contributed by atoms with Crippen molar-refractivity contribution in [2.45, 2.75) is 58.2 Å². The SMILES string of the molecule is CCCC(=O)OC(CC)N(c1nc(Cl)ncc1[N+](=O)[O-])C1CC1. The summed E-state index contributed by atoms with van der Waals surface area (Å²) in [5, 5.41) is 11.2. The molecule has 126 valence electrons. The van der Waals surface area contributed by atoms with Gasteiger partial charge in [-0.1, -0.05) is 13.8 Å². The minimum absolute atomic E-state index is 0.0547. The normalized spacial score (nSPS) is 15.1. The third-order valence-corrected chi connectivity index (χ3v) is 3.67. The Hall–Kier alpha value is -1.96. The van der Waals surface area contributed by atoms with Gasteiger partial charge in [0.1, 0.15) is 6.20 Å². The molecule has 1 aromatic rings. The maximum Gasteiger partial charge on any atom is 0.329 e. The molecule has 1 aliphatic carbocycles. The number of carbonyl (C=O) groups excluding carboxylic acids is 1. The Labute approximate surface area is 139 Å². The molecule has 0 saturated heterocycles. The van der Waals surface area contributed by atoms with Crippen molar-refractivity contribution in [3.05, 3.63) is 21.6 Å². The molecule has 0 radical (unpaired) electrons. The van der Waals surface area contributed by atoms with E-state index in [2.05, 4.69) is 9.97 Å². The minimum atomic E-state index is -0.605. The highest BCUT2D eigenvalue weighted by molar-refractivity contribution is 6.28. The smallest absolute Gasteiger partial charge is 0.329 e. The highest BCUT2D eigenvalue weighted by Gasteiger charge is 2.39. The van der Waals surface area contributed by atoms with Crippen molar-refractivity contribution in [2.75, 3.05) is 4.90 Å². The molecule has 0 bridgehead atoms. The summed E-state index contributed by atoms with van der Waals surface area (Å²) >= 11 is 5.81. The van der Waals surface area contributed by atoms with Crippen LogP contribution in [0.1, 0.15) is 46.0 Å². The topological polar surface area (TPSA) is 98.5 Å². The first-order valence-electron chi connectivity index (χ1n) is 7.62. The lowest BCUT2D eigenvalue weighted by Gasteiger charge is -2.31. The molecule has 0 aromatic carbocycles. The lowest BCUT2D eigenvalue weighted by atomic mass is 10.3. The first kappa shape index (κ1) is 17.4. The van der Waals surface area contributed by atoms with Crippen LogP contribution in [0.3, 0.4) is 0 Å². The van der Waals surface area contributed by atoms with Gasteiger partial charge >= 0.3 is 11.7 Å². The van der Waals surface area contributed by atoms with Gasteiger partial charge in [-0.25, -0.2) is 4.98 Å². The molecule has 1 saturated carbocycles. The van der Waals surface area contributed by atoms with Crippen LogP contribution >= 0.6 is 11.6 Å². The number of halogens is 1. The molecule has 1 aliphatic rings. The Bertz CT molecular complexity index is 594. The molecule has 0 spiro atoms. The van der Waals surface area contributed by atoms with Gasteiger partial charge in [0, 0.05) is 18.9 Å². The van der Waals surface area contributed by atoms with E-state index in [1.165, 1.54) is 0 Å². The molecule has 0 amide bonds. The maximum absolute atomic E-state index is 11.8. The Balaban J connectivity index is 2.35. The summed E-state index contributed by atoms with van der Waals surface area (Å²) in [6.45, 7) is 3.74. The number of nitrogens with zero attached hydrogens (tertiary/aromatic N) is 4. The quantitative estimate of drug-likeness (QED) is 0.235. The average molecular weight is 343 g/mol. The zero-order valence-corrected chi connectivity index (χ0v) is 13.8. The van der Waals surface area contributed by atoms with Crippen LogP contribution in [-0.2, 0) is 9.53 Å². The van der Waals surface area contributed by atoms with E-state index < -0.39 is 11.2 Å². The van der Waals surface area contributed by atoms with Crippen LogP contribution < -0.4 is 4.90 Å². The molecule has 0 N–H and O–H groups in total. The van der Waals surface area contributed by atoms with Gasteiger partial charge in [-0.15, -0.1) is 0 Å². The van der Waals surface area contributed by atoms with Crippen molar-refractivity contribution in [3.8, 4) is 0 Å². The fourth-order valence-electron chi connectivity index (χ4n) is 2.31. The van der Waals surface area contributed by atoms with Gasteiger partial charge in [-0.3, -0.25) is 14.9 Å². The number of esters is 1. The lowest BCUT2D eigenvalue weighted by molar-refractivity contribution is -0.384. The number of aromatic nitrogens is 2. The van der Waals surface area contributed by atoms with Crippen molar-refractivity contribution in [1.82, 2.24) is 9.97 Å².